The average molecular weight is 268 g/mol. The molecule has 0 aromatic carbocycles. The zero-order chi connectivity index (χ0) is 13.8. The van der Waals surface area contributed by atoms with Crippen LogP contribution in [0.5, 0.6) is 0 Å². The van der Waals surface area contributed by atoms with Crippen LogP contribution in [0.25, 0.3) is 0 Å². The minimum atomic E-state index is -4.83. The number of hydrogen-bond acceptors (Lipinski definition) is 3. The van der Waals surface area contributed by atoms with E-state index in [1.54, 1.807) is 0 Å². The van der Waals surface area contributed by atoms with Crippen molar-refractivity contribution >= 4 is 11.8 Å². The van der Waals surface area contributed by atoms with Crippen molar-refractivity contribution in [1.82, 2.24) is 10.2 Å². The van der Waals surface area contributed by atoms with Crippen molar-refractivity contribution in [3.8, 4) is 0 Å². The van der Waals surface area contributed by atoms with E-state index in [9.17, 15) is 22.8 Å². The summed E-state index contributed by atoms with van der Waals surface area (Å²) in [5.74, 6) is -2.12. The molecule has 8 heteroatoms. The molecule has 1 saturated heterocycles. The maximum absolute atomic E-state index is 12.2. The van der Waals surface area contributed by atoms with E-state index >= 15 is 0 Å². The Hall–Kier alpha value is -1.31. The van der Waals surface area contributed by atoms with Crippen molar-refractivity contribution in [2.45, 2.75) is 25.1 Å². The molecule has 5 nitrogen and oxygen atoms in total. The number of carbonyl (C=O) groups is 2. The lowest BCUT2D eigenvalue weighted by molar-refractivity contribution is -0.186. The summed E-state index contributed by atoms with van der Waals surface area (Å²) in [5.41, 5.74) is 0. The molecule has 0 saturated carbocycles. The van der Waals surface area contributed by atoms with Gasteiger partial charge >= 0.3 is 12.1 Å². The molecule has 0 spiro atoms. The molecule has 2 amide bonds. The molecule has 0 aromatic heterocycles. The number of nitrogens with one attached hydrogen (secondary N) is 1. The molecule has 1 aliphatic rings. The fourth-order valence-corrected chi connectivity index (χ4v) is 1.81. The number of hydrogen-bond donors (Lipinski definition) is 1. The number of ether oxygens (including phenoxy) is 1. The molecule has 0 unspecified atom stereocenters. The minimum absolute atomic E-state index is 0.00370. The molecule has 1 rings (SSSR count). The fraction of sp³-hybridized carbons (Fsp3) is 0.800. The van der Waals surface area contributed by atoms with Crippen molar-refractivity contribution in [3.05, 3.63) is 0 Å². The van der Waals surface area contributed by atoms with E-state index in [0.717, 1.165) is 4.90 Å². The van der Waals surface area contributed by atoms with E-state index in [0.29, 0.717) is 12.8 Å². The summed E-state index contributed by atoms with van der Waals surface area (Å²) >= 11 is 0. The third-order valence-corrected chi connectivity index (χ3v) is 2.67. The Morgan fingerprint density at radius 1 is 1.33 bits per heavy atom. The number of likely N-dealkylation sites (tertiary alicyclic amines) is 1. The third kappa shape index (κ3) is 4.17. The fourth-order valence-electron chi connectivity index (χ4n) is 1.81. The maximum atomic E-state index is 12.2. The monoisotopic (exact) mass is 268 g/mol. The SMILES string of the molecule is COCC(=O)NC1CCN(C(=O)C(F)(F)F)CC1. The standard InChI is InChI=1S/C10H15F3N2O3/c1-18-6-8(16)14-7-2-4-15(5-3-7)9(17)10(11,12)13/h7H,2-6H2,1H3,(H,14,16). The summed E-state index contributed by atoms with van der Waals surface area (Å²) in [7, 11) is 1.38. The second-order valence-electron chi connectivity index (χ2n) is 4.06. The Kier molecular flexibility index (Phi) is 4.94. The van der Waals surface area contributed by atoms with E-state index in [4.69, 9.17) is 0 Å². The molecule has 0 aliphatic carbocycles. The Labute approximate surface area is 102 Å². The largest absolute Gasteiger partial charge is 0.471 e. The Balaban J connectivity index is 2.37. The highest BCUT2D eigenvalue weighted by Crippen LogP contribution is 2.21. The maximum Gasteiger partial charge on any atom is 0.471 e. The summed E-state index contributed by atoms with van der Waals surface area (Å²) < 4.78 is 41.1. The average Bonchev–Trinajstić information content (AvgIpc) is 2.28. The van der Waals surface area contributed by atoms with Crippen LogP contribution in [0.4, 0.5) is 13.2 Å². The predicted octanol–water partition coefficient (Wildman–Crippen LogP) is 0.302. The minimum Gasteiger partial charge on any atom is -0.375 e. The van der Waals surface area contributed by atoms with Crippen LogP contribution in [-0.4, -0.2) is 55.7 Å². The number of piperidine rings is 1. The Bertz CT molecular complexity index is 312. The van der Waals surface area contributed by atoms with Crippen LogP contribution < -0.4 is 5.32 Å². The molecule has 104 valence electrons. The van der Waals surface area contributed by atoms with Gasteiger partial charge in [-0.05, 0) is 12.8 Å². The van der Waals surface area contributed by atoms with E-state index in [1.807, 2.05) is 0 Å². The van der Waals surface area contributed by atoms with Crippen LogP contribution >= 0.6 is 0 Å². The molecular formula is C10H15F3N2O3. The van der Waals surface area contributed by atoms with Crippen LogP contribution in [0, 0.1) is 0 Å². The van der Waals surface area contributed by atoms with Gasteiger partial charge in [0.15, 0.2) is 0 Å². The highest BCUT2D eigenvalue weighted by molar-refractivity contribution is 5.82. The van der Waals surface area contributed by atoms with Crippen LogP contribution in [0.3, 0.4) is 0 Å². The number of nitrogens with zero attached hydrogens (tertiary/aromatic N) is 1. The lowest BCUT2D eigenvalue weighted by Gasteiger charge is -2.32. The van der Waals surface area contributed by atoms with Crippen LogP contribution in [0.2, 0.25) is 0 Å². The topological polar surface area (TPSA) is 58.6 Å². The molecule has 0 atom stereocenters. The third-order valence-electron chi connectivity index (χ3n) is 2.67. The van der Waals surface area contributed by atoms with Gasteiger partial charge in [-0.1, -0.05) is 0 Å². The summed E-state index contributed by atoms with van der Waals surface area (Å²) in [4.78, 5) is 22.9. The van der Waals surface area contributed by atoms with Crippen LogP contribution in [0.15, 0.2) is 0 Å². The van der Waals surface area contributed by atoms with E-state index in [-0.39, 0.29) is 31.6 Å². The molecule has 0 radical (unpaired) electrons. The number of rotatable bonds is 3. The summed E-state index contributed by atoms with van der Waals surface area (Å²) in [6.07, 6.45) is -4.19. The van der Waals surface area contributed by atoms with Gasteiger partial charge in [0.2, 0.25) is 5.91 Å². The van der Waals surface area contributed by atoms with Gasteiger partial charge in [-0.25, -0.2) is 0 Å². The quantitative estimate of drug-likeness (QED) is 0.801. The molecule has 0 aromatic rings. The van der Waals surface area contributed by atoms with Gasteiger partial charge in [0, 0.05) is 26.2 Å². The predicted molar refractivity (Wildman–Crippen MR) is 55.7 cm³/mol. The normalized spacial score (nSPS) is 17.7. The van der Waals surface area contributed by atoms with Crippen LogP contribution in [-0.2, 0) is 14.3 Å². The lowest BCUT2D eigenvalue weighted by atomic mass is 10.0. The number of alkyl halides is 3. The number of methoxy groups -OCH3 is 1. The van der Waals surface area contributed by atoms with Crippen molar-refractivity contribution in [1.29, 1.82) is 0 Å². The summed E-state index contributed by atoms with van der Waals surface area (Å²) in [6.45, 7) is -0.0890. The van der Waals surface area contributed by atoms with Gasteiger partial charge in [0.05, 0.1) is 0 Å². The number of halogens is 3. The van der Waals surface area contributed by atoms with Crippen molar-refractivity contribution in [2.75, 3.05) is 26.8 Å². The zero-order valence-electron chi connectivity index (χ0n) is 9.92. The van der Waals surface area contributed by atoms with Gasteiger partial charge in [0.25, 0.3) is 0 Å². The number of amides is 2. The smallest absolute Gasteiger partial charge is 0.375 e. The van der Waals surface area contributed by atoms with Crippen molar-refractivity contribution < 1.29 is 27.5 Å². The Morgan fingerprint density at radius 3 is 2.33 bits per heavy atom. The highest BCUT2D eigenvalue weighted by Gasteiger charge is 2.43. The molecule has 1 fully saturated rings. The van der Waals surface area contributed by atoms with Crippen molar-refractivity contribution in [3.63, 3.8) is 0 Å². The summed E-state index contributed by atoms with van der Waals surface area (Å²) in [6, 6.07) is -0.204. The Morgan fingerprint density at radius 2 is 1.89 bits per heavy atom. The second-order valence-corrected chi connectivity index (χ2v) is 4.06. The molecule has 1 aliphatic heterocycles. The van der Waals surface area contributed by atoms with Gasteiger partial charge in [-0.3, -0.25) is 9.59 Å². The van der Waals surface area contributed by atoms with Gasteiger partial charge in [-0.15, -0.1) is 0 Å². The number of carbonyl (C=O) groups excluding carboxylic acids is 2. The first-order valence-corrected chi connectivity index (χ1v) is 5.49. The molecule has 18 heavy (non-hydrogen) atoms. The van der Waals surface area contributed by atoms with Crippen LogP contribution in [0.1, 0.15) is 12.8 Å². The van der Waals surface area contributed by atoms with E-state index in [1.165, 1.54) is 7.11 Å². The lowest BCUT2D eigenvalue weighted by Crippen LogP contribution is -2.50. The first kappa shape index (κ1) is 14.7. The van der Waals surface area contributed by atoms with Crippen molar-refractivity contribution in [2.24, 2.45) is 0 Å². The van der Waals surface area contributed by atoms with Gasteiger partial charge in [-0.2, -0.15) is 13.2 Å². The van der Waals surface area contributed by atoms with Gasteiger partial charge in [0.1, 0.15) is 6.61 Å². The zero-order valence-corrected chi connectivity index (χ0v) is 9.92. The molecular weight excluding hydrogens is 253 g/mol. The van der Waals surface area contributed by atoms with E-state index < -0.39 is 12.1 Å². The van der Waals surface area contributed by atoms with E-state index in [2.05, 4.69) is 10.1 Å². The second kappa shape index (κ2) is 6.03. The first-order valence-electron chi connectivity index (χ1n) is 5.49. The highest BCUT2D eigenvalue weighted by atomic mass is 19.4. The molecule has 1 N–H and O–H groups in total. The van der Waals surface area contributed by atoms with Gasteiger partial charge < -0.3 is 15.0 Å². The first-order chi connectivity index (χ1) is 8.34. The molecule has 0 bridgehead atoms. The summed E-state index contributed by atoms with van der Waals surface area (Å²) in [5, 5.41) is 2.63. The molecule has 1 heterocycles.